The van der Waals surface area contributed by atoms with Crippen molar-refractivity contribution in [1.29, 1.82) is 0 Å². The monoisotopic (exact) mass is 296 g/mol. The van der Waals surface area contributed by atoms with E-state index in [1.165, 1.54) is 7.11 Å². The first-order valence-electron chi connectivity index (χ1n) is 5.05. The number of anilines is 1. The SMILES string of the molecule is COC(C)CNS(=O)(=O)c1cc(Cl)cc(N)c1F. The van der Waals surface area contributed by atoms with Crippen LogP contribution in [-0.2, 0) is 14.8 Å². The van der Waals surface area contributed by atoms with Crippen LogP contribution in [0.1, 0.15) is 6.92 Å². The van der Waals surface area contributed by atoms with Gasteiger partial charge in [0.15, 0.2) is 5.82 Å². The molecule has 0 heterocycles. The molecule has 5 nitrogen and oxygen atoms in total. The van der Waals surface area contributed by atoms with Gasteiger partial charge in [-0.1, -0.05) is 11.6 Å². The van der Waals surface area contributed by atoms with Crippen LogP contribution >= 0.6 is 11.6 Å². The Bertz CT molecular complexity index is 536. The van der Waals surface area contributed by atoms with Crippen LogP contribution in [0.25, 0.3) is 0 Å². The number of nitrogens with two attached hydrogens (primary N) is 1. The molecule has 0 amide bonds. The molecule has 1 aromatic rings. The van der Waals surface area contributed by atoms with Gasteiger partial charge in [0.2, 0.25) is 10.0 Å². The third kappa shape index (κ3) is 3.55. The zero-order valence-electron chi connectivity index (χ0n) is 9.91. The lowest BCUT2D eigenvalue weighted by Gasteiger charge is -2.12. The molecule has 1 atom stereocenters. The Morgan fingerprint density at radius 2 is 2.17 bits per heavy atom. The van der Waals surface area contributed by atoms with Gasteiger partial charge in [0.05, 0.1) is 11.8 Å². The molecule has 0 aliphatic rings. The van der Waals surface area contributed by atoms with Gasteiger partial charge in [-0.3, -0.25) is 0 Å². The van der Waals surface area contributed by atoms with Gasteiger partial charge in [-0.15, -0.1) is 0 Å². The lowest BCUT2D eigenvalue weighted by atomic mass is 10.3. The normalized spacial score (nSPS) is 13.6. The maximum atomic E-state index is 13.6. The number of sulfonamides is 1. The topological polar surface area (TPSA) is 81.4 Å². The molecule has 0 aliphatic heterocycles. The van der Waals surface area contributed by atoms with E-state index in [4.69, 9.17) is 22.1 Å². The van der Waals surface area contributed by atoms with E-state index in [0.29, 0.717) is 0 Å². The minimum Gasteiger partial charge on any atom is -0.396 e. The minimum atomic E-state index is -4.01. The van der Waals surface area contributed by atoms with Gasteiger partial charge in [0.25, 0.3) is 0 Å². The van der Waals surface area contributed by atoms with Crippen LogP contribution in [0.5, 0.6) is 0 Å². The van der Waals surface area contributed by atoms with E-state index in [1.54, 1.807) is 6.92 Å². The van der Waals surface area contributed by atoms with E-state index in [-0.39, 0.29) is 23.4 Å². The summed E-state index contributed by atoms with van der Waals surface area (Å²) in [6.45, 7) is 1.69. The predicted octanol–water partition coefficient (Wildman–Crippen LogP) is 1.37. The van der Waals surface area contributed by atoms with Crippen molar-refractivity contribution in [2.45, 2.75) is 17.9 Å². The molecule has 1 unspecified atom stereocenters. The third-order valence-electron chi connectivity index (χ3n) is 2.28. The zero-order valence-corrected chi connectivity index (χ0v) is 11.5. The Hall–Kier alpha value is -0.890. The summed E-state index contributed by atoms with van der Waals surface area (Å²) in [5, 5.41) is 0.0501. The highest BCUT2D eigenvalue weighted by atomic mass is 35.5. The zero-order chi connectivity index (χ0) is 13.9. The average molecular weight is 297 g/mol. The summed E-state index contributed by atoms with van der Waals surface area (Å²) in [5.74, 6) is -1.02. The second kappa shape index (κ2) is 5.83. The van der Waals surface area contributed by atoms with Crippen molar-refractivity contribution in [3.05, 3.63) is 23.0 Å². The number of ether oxygens (including phenoxy) is 1. The molecule has 102 valence electrons. The number of nitrogens with one attached hydrogen (secondary N) is 1. The maximum absolute atomic E-state index is 13.6. The van der Waals surface area contributed by atoms with Crippen LogP contribution in [0.15, 0.2) is 17.0 Å². The molecule has 18 heavy (non-hydrogen) atoms. The Kier molecular flexibility index (Phi) is 4.92. The maximum Gasteiger partial charge on any atom is 0.243 e. The lowest BCUT2D eigenvalue weighted by molar-refractivity contribution is 0.122. The molecule has 0 aromatic heterocycles. The summed E-state index contributed by atoms with van der Waals surface area (Å²) in [6.07, 6.45) is -0.334. The van der Waals surface area contributed by atoms with Crippen molar-refractivity contribution in [1.82, 2.24) is 4.72 Å². The second-order valence-electron chi connectivity index (χ2n) is 3.71. The molecular weight excluding hydrogens is 283 g/mol. The van der Waals surface area contributed by atoms with Crippen molar-refractivity contribution >= 4 is 27.3 Å². The predicted molar refractivity (Wildman–Crippen MR) is 67.5 cm³/mol. The standard InChI is InChI=1S/C10H14ClFN2O3S/c1-6(17-2)5-14-18(15,16)9-4-7(11)3-8(13)10(9)12/h3-4,6,14H,5,13H2,1-2H3. The largest absolute Gasteiger partial charge is 0.396 e. The van der Waals surface area contributed by atoms with E-state index in [1.807, 2.05) is 0 Å². The molecule has 0 fully saturated rings. The summed E-state index contributed by atoms with van der Waals surface area (Å²) in [5.41, 5.74) is 5.01. The van der Waals surface area contributed by atoms with Crippen molar-refractivity contribution in [2.24, 2.45) is 0 Å². The highest BCUT2D eigenvalue weighted by Crippen LogP contribution is 2.25. The van der Waals surface area contributed by atoms with Crippen LogP contribution in [0.3, 0.4) is 0 Å². The van der Waals surface area contributed by atoms with E-state index in [0.717, 1.165) is 12.1 Å². The highest BCUT2D eigenvalue weighted by molar-refractivity contribution is 7.89. The van der Waals surface area contributed by atoms with Gasteiger partial charge in [0, 0.05) is 18.7 Å². The van der Waals surface area contributed by atoms with Gasteiger partial charge in [-0.05, 0) is 19.1 Å². The number of rotatable bonds is 5. The first kappa shape index (κ1) is 15.2. The molecule has 8 heteroatoms. The Morgan fingerprint density at radius 3 is 2.72 bits per heavy atom. The Labute approximate surface area is 110 Å². The van der Waals surface area contributed by atoms with Gasteiger partial charge in [0.1, 0.15) is 4.90 Å². The molecule has 0 saturated carbocycles. The third-order valence-corrected chi connectivity index (χ3v) is 3.93. The average Bonchev–Trinajstić information content (AvgIpc) is 2.30. The van der Waals surface area contributed by atoms with Crippen LogP contribution < -0.4 is 10.5 Å². The summed E-state index contributed by atoms with van der Waals surface area (Å²) >= 11 is 5.65. The number of hydrogen-bond acceptors (Lipinski definition) is 4. The van der Waals surface area contributed by atoms with E-state index in [2.05, 4.69) is 4.72 Å². The summed E-state index contributed by atoms with van der Waals surface area (Å²) in [6, 6.07) is 2.15. The van der Waals surface area contributed by atoms with Crippen molar-refractivity contribution in [3.8, 4) is 0 Å². The first-order chi connectivity index (χ1) is 8.27. The van der Waals surface area contributed by atoms with Gasteiger partial charge in [-0.25, -0.2) is 17.5 Å². The summed E-state index contributed by atoms with van der Waals surface area (Å²) in [7, 11) is -2.57. The number of nitrogen functional groups attached to an aromatic ring is 1. The van der Waals surface area contributed by atoms with Gasteiger partial charge in [-0.2, -0.15) is 0 Å². The minimum absolute atomic E-state index is 0.0185. The smallest absolute Gasteiger partial charge is 0.243 e. The number of benzene rings is 1. The molecule has 3 N–H and O–H groups in total. The lowest BCUT2D eigenvalue weighted by Crippen LogP contribution is -2.32. The van der Waals surface area contributed by atoms with Crippen molar-refractivity contribution in [2.75, 3.05) is 19.4 Å². The van der Waals surface area contributed by atoms with Gasteiger partial charge < -0.3 is 10.5 Å². The fourth-order valence-electron chi connectivity index (χ4n) is 1.17. The van der Waals surface area contributed by atoms with Crippen molar-refractivity contribution in [3.63, 3.8) is 0 Å². The van der Waals surface area contributed by atoms with Crippen LogP contribution in [0.4, 0.5) is 10.1 Å². The molecule has 1 aromatic carbocycles. The second-order valence-corrected chi connectivity index (χ2v) is 5.88. The van der Waals surface area contributed by atoms with E-state index in [9.17, 15) is 12.8 Å². The molecule has 0 aliphatic carbocycles. The fraction of sp³-hybridized carbons (Fsp3) is 0.400. The summed E-state index contributed by atoms with van der Waals surface area (Å²) in [4.78, 5) is -0.573. The molecule has 0 spiro atoms. The molecule has 0 bridgehead atoms. The van der Waals surface area contributed by atoms with E-state index < -0.39 is 20.7 Å². The van der Waals surface area contributed by atoms with Crippen LogP contribution in [0, 0.1) is 5.82 Å². The highest BCUT2D eigenvalue weighted by Gasteiger charge is 2.22. The fourth-order valence-corrected chi connectivity index (χ4v) is 2.71. The first-order valence-corrected chi connectivity index (χ1v) is 6.91. The van der Waals surface area contributed by atoms with E-state index >= 15 is 0 Å². The molecular formula is C10H14ClFN2O3S. The molecule has 1 rings (SSSR count). The van der Waals surface area contributed by atoms with Crippen LogP contribution in [0.2, 0.25) is 5.02 Å². The Morgan fingerprint density at radius 1 is 1.56 bits per heavy atom. The van der Waals surface area contributed by atoms with Gasteiger partial charge >= 0.3 is 0 Å². The summed E-state index contributed by atoms with van der Waals surface area (Å²) < 4.78 is 44.5. The van der Waals surface area contributed by atoms with Crippen LogP contribution in [-0.4, -0.2) is 28.2 Å². The molecule has 0 radical (unpaired) electrons. The Balaban J connectivity index is 3.05. The number of methoxy groups -OCH3 is 1. The molecule has 0 saturated heterocycles. The number of halogens is 2. The number of hydrogen-bond donors (Lipinski definition) is 2. The van der Waals surface area contributed by atoms with Crippen molar-refractivity contribution < 1.29 is 17.5 Å². The quantitative estimate of drug-likeness (QED) is 0.804.